The van der Waals surface area contributed by atoms with E-state index in [9.17, 15) is 18.0 Å². The molecule has 0 aromatic heterocycles. The van der Waals surface area contributed by atoms with E-state index in [1.54, 1.807) is 0 Å². The number of carbonyl (C=O) groups is 2. The van der Waals surface area contributed by atoms with Crippen LogP contribution in [0.1, 0.15) is 20.7 Å². The van der Waals surface area contributed by atoms with Crippen LogP contribution in [0.4, 0.5) is 0 Å². The molecule has 22 heavy (non-hydrogen) atoms. The van der Waals surface area contributed by atoms with Crippen molar-refractivity contribution in [2.45, 2.75) is 9.79 Å². The molecule has 0 aliphatic heterocycles. The third kappa shape index (κ3) is 3.19. The van der Waals surface area contributed by atoms with E-state index in [1.807, 2.05) is 0 Å². The zero-order chi connectivity index (χ0) is 15.6. The van der Waals surface area contributed by atoms with Gasteiger partial charge in [0.05, 0.1) is 20.9 Å². The molecule has 2 aromatic carbocycles. The first-order valence-corrected chi connectivity index (χ1v) is 7.23. The van der Waals surface area contributed by atoms with E-state index in [-0.39, 0.29) is 17.1 Å². The second kappa shape index (κ2) is 6.74. The first-order valence-electron chi connectivity index (χ1n) is 5.75. The van der Waals surface area contributed by atoms with Crippen molar-refractivity contribution in [3.05, 3.63) is 59.7 Å². The van der Waals surface area contributed by atoms with E-state index in [2.05, 4.69) is 0 Å². The Morgan fingerprint density at radius 3 is 1.36 bits per heavy atom. The molecule has 0 aliphatic carbocycles. The average Bonchev–Trinajstić information content (AvgIpc) is 2.47. The van der Waals surface area contributed by atoms with Gasteiger partial charge in [0.15, 0.2) is 0 Å². The smallest absolute Gasteiger partial charge is 0.337 e. The van der Waals surface area contributed by atoms with Gasteiger partial charge in [-0.3, -0.25) is 0 Å². The summed E-state index contributed by atoms with van der Waals surface area (Å²) >= 11 is 0. The molecule has 115 valence electrons. The SMILES string of the molecule is O=C(O)c1ccccc1S(=O)(=O)c1ccccc1C(=O)O.[Mn]. The number of hydrogen-bond donors (Lipinski definition) is 2. The molecule has 0 atom stereocenters. The monoisotopic (exact) mass is 361 g/mol. The Morgan fingerprint density at radius 1 is 0.727 bits per heavy atom. The van der Waals surface area contributed by atoms with Crippen LogP contribution in [0.2, 0.25) is 0 Å². The van der Waals surface area contributed by atoms with Crippen molar-refractivity contribution in [3.8, 4) is 0 Å². The van der Waals surface area contributed by atoms with Crippen LogP contribution in [0.3, 0.4) is 0 Å². The maximum absolute atomic E-state index is 12.6. The molecule has 0 aliphatic rings. The number of carboxylic acids is 2. The minimum absolute atomic E-state index is 0. The summed E-state index contributed by atoms with van der Waals surface area (Å²) in [6.07, 6.45) is 0. The summed E-state index contributed by atoms with van der Waals surface area (Å²) < 4.78 is 25.1. The number of carboxylic acid groups (broad SMARTS) is 2. The predicted molar refractivity (Wildman–Crippen MR) is 72.3 cm³/mol. The van der Waals surface area contributed by atoms with Gasteiger partial charge in [-0.05, 0) is 24.3 Å². The molecule has 2 rings (SSSR count). The van der Waals surface area contributed by atoms with Gasteiger partial charge in [0.25, 0.3) is 0 Å². The van der Waals surface area contributed by atoms with Crippen molar-refractivity contribution >= 4 is 21.8 Å². The summed E-state index contributed by atoms with van der Waals surface area (Å²) in [5.74, 6) is -2.80. The number of benzene rings is 2. The van der Waals surface area contributed by atoms with Crippen molar-refractivity contribution in [2.24, 2.45) is 0 Å². The van der Waals surface area contributed by atoms with Gasteiger partial charge in [-0.15, -0.1) is 0 Å². The fourth-order valence-electron chi connectivity index (χ4n) is 1.87. The van der Waals surface area contributed by atoms with Crippen molar-refractivity contribution < 1.29 is 45.3 Å². The van der Waals surface area contributed by atoms with E-state index in [0.717, 1.165) is 24.3 Å². The summed E-state index contributed by atoms with van der Waals surface area (Å²) in [5.41, 5.74) is -0.810. The Labute approximate surface area is 136 Å². The van der Waals surface area contributed by atoms with E-state index >= 15 is 0 Å². The summed E-state index contributed by atoms with van der Waals surface area (Å²) in [6, 6.07) is 10.1. The van der Waals surface area contributed by atoms with E-state index in [4.69, 9.17) is 10.2 Å². The molecule has 2 N–H and O–H groups in total. The molecule has 0 heterocycles. The summed E-state index contributed by atoms with van der Waals surface area (Å²) in [4.78, 5) is 21.4. The van der Waals surface area contributed by atoms with Crippen LogP contribution in [0.5, 0.6) is 0 Å². The van der Waals surface area contributed by atoms with Crippen molar-refractivity contribution in [2.75, 3.05) is 0 Å². The molecule has 6 nitrogen and oxygen atoms in total. The Bertz CT molecular complexity index is 765. The largest absolute Gasteiger partial charge is 0.478 e. The van der Waals surface area contributed by atoms with Gasteiger partial charge < -0.3 is 10.2 Å². The maximum Gasteiger partial charge on any atom is 0.337 e. The van der Waals surface area contributed by atoms with Crippen LogP contribution in [0, 0.1) is 0 Å². The molecule has 0 spiro atoms. The number of hydrogen-bond acceptors (Lipinski definition) is 4. The maximum atomic E-state index is 12.6. The average molecular weight is 361 g/mol. The second-order valence-electron chi connectivity index (χ2n) is 4.11. The molecule has 0 fully saturated rings. The van der Waals surface area contributed by atoms with E-state index in [0.29, 0.717) is 0 Å². The van der Waals surface area contributed by atoms with Gasteiger partial charge in [-0.25, -0.2) is 18.0 Å². The Morgan fingerprint density at radius 2 is 1.05 bits per heavy atom. The van der Waals surface area contributed by atoms with Crippen LogP contribution in [-0.2, 0) is 26.9 Å². The number of sulfone groups is 1. The fraction of sp³-hybridized carbons (Fsp3) is 0. The van der Waals surface area contributed by atoms with Gasteiger partial charge in [0.2, 0.25) is 9.84 Å². The fourth-order valence-corrected chi connectivity index (χ4v) is 3.52. The first kappa shape index (κ1) is 17.9. The standard InChI is InChI=1S/C14H10O6S.Mn/c15-13(16)9-5-1-3-7-11(9)21(19,20)12-8-4-2-6-10(12)14(17)18;/h1-8H,(H,15,16)(H,17,18);. The Hall–Kier alpha value is -2.15. The number of aromatic carboxylic acids is 2. The normalized spacial score (nSPS) is 10.5. The molecule has 0 saturated heterocycles. The van der Waals surface area contributed by atoms with Crippen molar-refractivity contribution in [3.63, 3.8) is 0 Å². The first-order chi connectivity index (χ1) is 9.85. The molecule has 8 heteroatoms. The topological polar surface area (TPSA) is 109 Å². The van der Waals surface area contributed by atoms with Gasteiger partial charge in [-0.2, -0.15) is 0 Å². The van der Waals surface area contributed by atoms with Crippen LogP contribution in [0.25, 0.3) is 0 Å². The van der Waals surface area contributed by atoms with E-state index in [1.165, 1.54) is 24.3 Å². The third-order valence-corrected chi connectivity index (χ3v) is 4.68. The van der Waals surface area contributed by atoms with E-state index < -0.39 is 42.7 Å². The molecular weight excluding hydrogens is 351 g/mol. The quantitative estimate of drug-likeness (QED) is 0.806. The molecule has 0 unspecified atom stereocenters. The molecule has 0 amide bonds. The number of rotatable bonds is 4. The summed E-state index contributed by atoms with van der Waals surface area (Å²) in [6.45, 7) is 0. The molecule has 0 bridgehead atoms. The molecule has 2 aromatic rings. The molecule has 1 radical (unpaired) electrons. The zero-order valence-corrected chi connectivity index (χ0v) is 12.9. The zero-order valence-electron chi connectivity index (χ0n) is 10.9. The second-order valence-corrected chi connectivity index (χ2v) is 5.99. The van der Waals surface area contributed by atoms with Crippen LogP contribution in [0.15, 0.2) is 58.3 Å². The Kier molecular flexibility index (Phi) is 5.48. The van der Waals surface area contributed by atoms with Crippen LogP contribution in [-0.4, -0.2) is 30.6 Å². The van der Waals surface area contributed by atoms with Gasteiger partial charge in [0, 0.05) is 17.1 Å². The van der Waals surface area contributed by atoms with Gasteiger partial charge in [-0.1, -0.05) is 24.3 Å². The Balaban J connectivity index is 0.00000242. The minimum Gasteiger partial charge on any atom is -0.478 e. The molecular formula is C14H10MnO6S. The van der Waals surface area contributed by atoms with Gasteiger partial charge >= 0.3 is 11.9 Å². The van der Waals surface area contributed by atoms with Crippen LogP contribution >= 0.6 is 0 Å². The third-order valence-electron chi connectivity index (χ3n) is 2.81. The van der Waals surface area contributed by atoms with Gasteiger partial charge in [0.1, 0.15) is 0 Å². The molecule has 0 saturated carbocycles. The minimum atomic E-state index is -4.25. The van der Waals surface area contributed by atoms with Crippen molar-refractivity contribution in [1.29, 1.82) is 0 Å². The van der Waals surface area contributed by atoms with Crippen LogP contribution < -0.4 is 0 Å². The predicted octanol–water partition coefficient (Wildman–Crippen LogP) is 1.91. The summed E-state index contributed by atoms with van der Waals surface area (Å²) in [5, 5.41) is 18.1. The van der Waals surface area contributed by atoms with Crippen molar-refractivity contribution in [1.82, 2.24) is 0 Å². The summed E-state index contributed by atoms with van der Waals surface area (Å²) in [7, 11) is -4.25.